The van der Waals surface area contributed by atoms with Crippen molar-refractivity contribution < 1.29 is 5.11 Å². The van der Waals surface area contributed by atoms with Gasteiger partial charge < -0.3 is 10.1 Å². The molecule has 2 rings (SSSR count). The van der Waals surface area contributed by atoms with Crippen LogP contribution < -0.4 is 5.56 Å². The summed E-state index contributed by atoms with van der Waals surface area (Å²) in [5.41, 5.74) is 0.986. The Morgan fingerprint density at radius 1 is 1.47 bits per heavy atom. The normalized spacial score (nSPS) is 13.1. The number of aromatic amines is 1. The predicted octanol–water partition coefficient (Wildman–Crippen LogP) is 2.46. The molecule has 2 aromatic rings. The van der Waals surface area contributed by atoms with Crippen LogP contribution in [0.4, 0.5) is 0 Å². The van der Waals surface area contributed by atoms with E-state index in [4.69, 9.17) is 5.11 Å². The van der Waals surface area contributed by atoms with Crippen molar-refractivity contribution in [3.05, 3.63) is 26.6 Å². The van der Waals surface area contributed by atoms with Crippen LogP contribution in [-0.2, 0) is 5.75 Å². The molecular weight excluding hydrogens is 280 g/mol. The Bertz CT molecular complexity index is 633. The first kappa shape index (κ1) is 14.6. The van der Waals surface area contributed by atoms with Crippen molar-refractivity contribution in [1.29, 1.82) is 0 Å². The molecule has 0 aromatic carbocycles. The lowest BCUT2D eigenvalue weighted by Gasteiger charge is -2.06. The molecular formula is C13H18N2O2S2. The highest BCUT2D eigenvalue weighted by Crippen LogP contribution is 2.26. The largest absolute Gasteiger partial charge is 0.396 e. The van der Waals surface area contributed by atoms with E-state index in [0.29, 0.717) is 11.6 Å². The zero-order chi connectivity index (χ0) is 14.0. The molecule has 0 saturated heterocycles. The van der Waals surface area contributed by atoms with E-state index in [0.717, 1.165) is 26.4 Å². The third-order valence-electron chi connectivity index (χ3n) is 3.04. The second-order valence-corrected chi connectivity index (χ2v) is 7.01. The quantitative estimate of drug-likeness (QED) is 0.890. The van der Waals surface area contributed by atoms with Gasteiger partial charge in [-0.3, -0.25) is 4.79 Å². The molecule has 0 aliphatic rings. The fourth-order valence-corrected chi connectivity index (χ4v) is 3.78. The first-order chi connectivity index (χ1) is 9.02. The molecule has 6 heteroatoms. The molecule has 2 aromatic heterocycles. The number of aryl methyl sites for hydroxylation is 2. The molecule has 0 fully saturated rings. The Morgan fingerprint density at radius 2 is 2.21 bits per heavy atom. The zero-order valence-corrected chi connectivity index (χ0v) is 13.0. The van der Waals surface area contributed by atoms with E-state index in [2.05, 4.69) is 9.97 Å². The predicted molar refractivity (Wildman–Crippen MR) is 82.1 cm³/mol. The molecule has 2 heterocycles. The molecule has 0 aliphatic heterocycles. The van der Waals surface area contributed by atoms with Gasteiger partial charge in [0.2, 0.25) is 0 Å². The fourth-order valence-electron chi connectivity index (χ4n) is 1.78. The van der Waals surface area contributed by atoms with E-state index in [1.54, 1.807) is 23.1 Å². The van der Waals surface area contributed by atoms with E-state index in [9.17, 15) is 4.79 Å². The number of thiophene rings is 1. The van der Waals surface area contributed by atoms with Crippen LogP contribution in [0.25, 0.3) is 10.2 Å². The standard InChI is InChI=1S/C13H18N2O2S2/c1-7(4-16)5-18-6-10-14-12(17)11-8(2)9(3)19-13(11)15-10/h7,16H,4-6H2,1-3H3,(H,14,15,17). The van der Waals surface area contributed by atoms with E-state index in [1.165, 1.54) is 0 Å². The topological polar surface area (TPSA) is 66.0 Å². The number of rotatable bonds is 5. The third-order valence-corrected chi connectivity index (χ3v) is 5.42. The summed E-state index contributed by atoms with van der Waals surface area (Å²) in [7, 11) is 0. The number of hydrogen-bond acceptors (Lipinski definition) is 5. The molecule has 0 saturated carbocycles. The summed E-state index contributed by atoms with van der Waals surface area (Å²) in [6.45, 7) is 6.17. The van der Waals surface area contributed by atoms with Gasteiger partial charge in [-0.25, -0.2) is 4.98 Å². The van der Waals surface area contributed by atoms with Crippen LogP contribution in [0, 0.1) is 19.8 Å². The lowest BCUT2D eigenvalue weighted by atomic mass is 10.2. The van der Waals surface area contributed by atoms with Gasteiger partial charge in [0.25, 0.3) is 5.56 Å². The molecule has 0 spiro atoms. The Kier molecular flexibility index (Phi) is 4.65. The first-order valence-electron chi connectivity index (χ1n) is 6.20. The molecule has 104 valence electrons. The summed E-state index contributed by atoms with van der Waals surface area (Å²) in [5, 5.41) is 9.69. The number of thioether (sulfide) groups is 1. The highest BCUT2D eigenvalue weighted by Gasteiger charge is 2.11. The van der Waals surface area contributed by atoms with E-state index in [-0.39, 0.29) is 18.1 Å². The molecule has 4 nitrogen and oxygen atoms in total. The molecule has 1 atom stereocenters. The van der Waals surface area contributed by atoms with Crippen LogP contribution >= 0.6 is 23.1 Å². The van der Waals surface area contributed by atoms with Gasteiger partial charge >= 0.3 is 0 Å². The summed E-state index contributed by atoms with van der Waals surface area (Å²) in [6, 6.07) is 0. The molecule has 0 radical (unpaired) electrons. The second kappa shape index (κ2) is 6.07. The van der Waals surface area contributed by atoms with Crippen LogP contribution in [0.2, 0.25) is 0 Å². The van der Waals surface area contributed by atoms with E-state index < -0.39 is 0 Å². The second-order valence-electron chi connectivity index (χ2n) is 4.78. The summed E-state index contributed by atoms with van der Waals surface area (Å²) in [6.07, 6.45) is 0. The highest BCUT2D eigenvalue weighted by atomic mass is 32.2. The Balaban J connectivity index is 2.20. The number of fused-ring (bicyclic) bond motifs is 1. The van der Waals surface area contributed by atoms with Crippen molar-refractivity contribution in [3.63, 3.8) is 0 Å². The Morgan fingerprint density at radius 3 is 2.89 bits per heavy atom. The van der Waals surface area contributed by atoms with Crippen molar-refractivity contribution >= 4 is 33.3 Å². The minimum atomic E-state index is -0.0438. The SMILES string of the molecule is Cc1sc2nc(CSCC(C)CO)[nH]c(=O)c2c1C. The van der Waals surface area contributed by atoms with Crippen LogP contribution in [-0.4, -0.2) is 27.4 Å². The van der Waals surface area contributed by atoms with E-state index in [1.807, 2.05) is 20.8 Å². The van der Waals surface area contributed by atoms with Crippen LogP contribution in [0.1, 0.15) is 23.2 Å². The summed E-state index contributed by atoms with van der Waals surface area (Å²) < 4.78 is 0. The van der Waals surface area contributed by atoms with Crippen molar-refractivity contribution in [2.24, 2.45) is 5.92 Å². The minimum Gasteiger partial charge on any atom is -0.396 e. The molecule has 0 bridgehead atoms. The first-order valence-corrected chi connectivity index (χ1v) is 8.17. The van der Waals surface area contributed by atoms with Crippen molar-refractivity contribution in [2.75, 3.05) is 12.4 Å². The third kappa shape index (κ3) is 3.19. The van der Waals surface area contributed by atoms with Crippen LogP contribution in [0.15, 0.2) is 4.79 Å². The van der Waals surface area contributed by atoms with Gasteiger partial charge in [0.15, 0.2) is 0 Å². The Hall–Kier alpha value is -0.850. The van der Waals surface area contributed by atoms with Gasteiger partial charge in [0.05, 0.1) is 11.1 Å². The van der Waals surface area contributed by atoms with Crippen molar-refractivity contribution in [2.45, 2.75) is 26.5 Å². The summed E-state index contributed by atoms with van der Waals surface area (Å²) in [5.74, 6) is 2.52. The number of nitrogens with one attached hydrogen (secondary N) is 1. The van der Waals surface area contributed by atoms with Crippen molar-refractivity contribution in [1.82, 2.24) is 9.97 Å². The number of aromatic nitrogens is 2. The van der Waals surface area contributed by atoms with Crippen LogP contribution in [0.5, 0.6) is 0 Å². The highest BCUT2D eigenvalue weighted by molar-refractivity contribution is 7.98. The van der Waals surface area contributed by atoms with Gasteiger partial charge in [-0.05, 0) is 31.1 Å². The number of aliphatic hydroxyl groups excluding tert-OH is 1. The molecule has 1 unspecified atom stereocenters. The maximum atomic E-state index is 12.0. The maximum Gasteiger partial charge on any atom is 0.259 e. The van der Waals surface area contributed by atoms with Gasteiger partial charge in [-0.2, -0.15) is 11.8 Å². The summed E-state index contributed by atoms with van der Waals surface area (Å²) in [4.78, 5) is 21.4. The number of hydrogen-bond donors (Lipinski definition) is 2. The lowest BCUT2D eigenvalue weighted by molar-refractivity contribution is 0.250. The average Bonchev–Trinajstić information content (AvgIpc) is 2.65. The molecule has 19 heavy (non-hydrogen) atoms. The monoisotopic (exact) mass is 298 g/mol. The lowest BCUT2D eigenvalue weighted by Crippen LogP contribution is -2.11. The van der Waals surface area contributed by atoms with Gasteiger partial charge in [0.1, 0.15) is 10.7 Å². The smallest absolute Gasteiger partial charge is 0.259 e. The number of aliphatic hydroxyl groups is 1. The van der Waals surface area contributed by atoms with Gasteiger partial charge in [0, 0.05) is 11.5 Å². The molecule has 2 N–H and O–H groups in total. The van der Waals surface area contributed by atoms with Crippen LogP contribution in [0.3, 0.4) is 0 Å². The molecule has 0 aliphatic carbocycles. The van der Waals surface area contributed by atoms with E-state index >= 15 is 0 Å². The zero-order valence-electron chi connectivity index (χ0n) is 11.3. The van der Waals surface area contributed by atoms with Crippen molar-refractivity contribution in [3.8, 4) is 0 Å². The molecule has 0 amide bonds. The average molecular weight is 298 g/mol. The number of nitrogens with zero attached hydrogens (tertiary/aromatic N) is 1. The Labute approximate surface area is 120 Å². The van der Waals surface area contributed by atoms with Gasteiger partial charge in [-0.15, -0.1) is 11.3 Å². The summed E-state index contributed by atoms with van der Waals surface area (Å²) >= 11 is 3.25. The fraction of sp³-hybridized carbons (Fsp3) is 0.538. The number of H-pyrrole nitrogens is 1. The minimum absolute atomic E-state index is 0.0438. The van der Waals surface area contributed by atoms with Gasteiger partial charge in [-0.1, -0.05) is 6.92 Å². The maximum absolute atomic E-state index is 12.0.